The van der Waals surface area contributed by atoms with Crippen molar-refractivity contribution in [2.45, 2.75) is 70.7 Å². The van der Waals surface area contributed by atoms with Crippen LogP contribution < -0.4 is 0 Å². The van der Waals surface area contributed by atoms with Gasteiger partial charge in [-0.25, -0.2) is 13.6 Å². The monoisotopic (exact) mass is 487 g/mol. The highest BCUT2D eigenvalue weighted by Crippen LogP contribution is 2.52. The van der Waals surface area contributed by atoms with E-state index in [9.17, 15) is 23.8 Å². The highest BCUT2D eigenvalue weighted by atomic mass is 19.2. The molecule has 2 N–H and O–H groups in total. The van der Waals surface area contributed by atoms with E-state index in [1.165, 1.54) is 13.0 Å². The molecule has 0 aliphatic carbocycles. The molecule has 3 atom stereocenters. The Morgan fingerprint density at radius 2 is 1.91 bits per heavy atom. The standard InChI is InChI=1S/C27H31F2NO5/c1-6-27(13-15(2)35-16(3)25(32)33)23-22-20(8-7-9-21(22)31)30(24(23)26(4,5)14-34-27)17-10-11-18(28)19(29)12-17/h7-12,15-16,31H,6,13-14H2,1-5H3,(H,32,33)/t15-,16?,27-/m1/s1. The molecule has 1 aliphatic heterocycles. The van der Waals surface area contributed by atoms with Gasteiger partial charge in [-0.1, -0.05) is 26.8 Å². The molecule has 1 aliphatic rings. The number of carboxylic acid groups (broad SMARTS) is 1. The van der Waals surface area contributed by atoms with Crippen LogP contribution in [0.25, 0.3) is 16.6 Å². The molecule has 0 amide bonds. The van der Waals surface area contributed by atoms with Crippen molar-refractivity contribution < 1.29 is 33.3 Å². The first-order valence-electron chi connectivity index (χ1n) is 11.8. The highest BCUT2D eigenvalue weighted by Gasteiger charge is 2.48. The number of ether oxygens (including phenoxy) is 2. The third kappa shape index (κ3) is 4.19. The van der Waals surface area contributed by atoms with Gasteiger partial charge in [-0.2, -0.15) is 0 Å². The average molecular weight is 488 g/mol. The summed E-state index contributed by atoms with van der Waals surface area (Å²) in [6, 6.07) is 8.89. The van der Waals surface area contributed by atoms with E-state index in [1.54, 1.807) is 19.1 Å². The van der Waals surface area contributed by atoms with Crippen molar-refractivity contribution in [3.05, 3.63) is 59.3 Å². The van der Waals surface area contributed by atoms with Gasteiger partial charge in [0.15, 0.2) is 17.7 Å². The summed E-state index contributed by atoms with van der Waals surface area (Å²) >= 11 is 0. The Hall–Kier alpha value is -2.97. The van der Waals surface area contributed by atoms with Crippen molar-refractivity contribution in [3.63, 3.8) is 0 Å². The van der Waals surface area contributed by atoms with E-state index >= 15 is 0 Å². The fourth-order valence-corrected chi connectivity index (χ4v) is 5.26. The van der Waals surface area contributed by atoms with Crippen LogP contribution in [0.15, 0.2) is 36.4 Å². The van der Waals surface area contributed by atoms with E-state index in [-0.39, 0.29) is 5.75 Å². The molecule has 188 valence electrons. The predicted molar refractivity (Wildman–Crippen MR) is 128 cm³/mol. The van der Waals surface area contributed by atoms with Gasteiger partial charge in [-0.3, -0.25) is 0 Å². The number of benzene rings is 2. The zero-order valence-corrected chi connectivity index (χ0v) is 20.6. The normalized spacial score (nSPS) is 21.0. The molecule has 0 saturated carbocycles. The maximum atomic E-state index is 14.3. The minimum Gasteiger partial charge on any atom is -0.507 e. The van der Waals surface area contributed by atoms with E-state index in [2.05, 4.69) is 0 Å². The summed E-state index contributed by atoms with van der Waals surface area (Å²) in [5.41, 5.74) is 1.22. The smallest absolute Gasteiger partial charge is 0.332 e. The summed E-state index contributed by atoms with van der Waals surface area (Å²) < 4.78 is 42.3. The van der Waals surface area contributed by atoms with Gasteiger partial charge in [-0.15, -0.1) is 0 Å². The Balaban J connectivity index is 2.01. The van der Waals surface area contributed by atoms with E-state index in [1.807, 2.05) is 31.4 Å². The molecular formula is C27H31F2NO5. The first-order valence-corrected chi connectivity index (χ1v) is 11.8. The Labute approximate surface area is 203 Å². The van der Waals surface area contributed by atoms with E-state index in [0.717, 1.165) is 23.4 Å². The molecule has 2 heterocycles. The largest absolute Gasteiger partial charge is 0.507 e. The van der Waals surface area contributed by atoms with Gasteiger partial charge < -0.3 is 24.3 Å². The molecular weight excluding hydrogens is 456 g/mol. The topological polar surface area (TPSA) is 80.9 Å². The van der Waals surface area contributed by atoms with Crippen molar-refractivity contribution in [1.82, 2.24) is 4.57 Å². The molecule has 8 heteroatoms. The number of carboxylic acids is 1. The minimum atomic E-state index is -1.05. The lowest BCUT2D eigenvalue weighted by molar-refractivity contribution is -0.158. The number of nitrogens with zero attached hydrogens (tertiary/aromatic N) is 1. The molecule has 1 aromatic heterocycles. The van der Waals surface area contributed by atoms with Crippen LogP contribution >= 0.6 is 0 Å². The fraction of sp³-hybridized carbons (Fsp3) is 0.444. The molecule has 35 heavy (non-hydrogen) atoms. The molecule has 0 fully saturated rings. The fourth-order valence-electron chi connectivity index (χ4n) is 5.26. The van der Waals surface area contributed by atoms with Gasteiger partial charge in [0.2, 0.25) is 0 Å². The van der Waals surface area contributed by atoms with Gasteiger partial charge in [-0.05, 0) is 44.5 Å². The molecule has 0 bridgehead atoms. The Morgan fingerprint density at radius 1 is 1.20 bits per heavy atom. The van der Waals surface area contributed by atoms with Gasteiger partial charge in [0.1, 0.15) is 5.75 Å². The molecule has 2 aromatic carbocycles. The number of aromatic nitrogens is 1. The number of hydrogen-bond acceptors (Lipinski definition) is 4. The summed E-state index contributed by atoms with van der Waals surface area (Å²) in [7, 11) is 0. The first kappa shape index (κ1) is 25.1. The quantitative estimate of drug-likeness (QED) is 0.441. The van der Waals surface area contributed by atoms with Crippen molar-refractivity contribution in [2.75, 3.05) is 6.61 Å². The number of phenolic OH excluding ortho intramolecular Hbond substituents is 1. The van der Waals surface area contributed by atoms with Crippen molar-refractivity contribution >= 4 is 16.9 Å². The van der Waals surface area contributed by atoms with Gasteiger partial charge in [0, 0.05) is 40.2 Å². The molecule has 0 spiro atoms. The third-order valence-electron chi connectivity index (χ3n) is 6.91. The second kappa shape index (κ2) is 8.91. The van der Waals surface area contributed by atoms with Crippen LogP contribution in [0.5, 0.6) is 5.75 Å². The van der Waals surface area contributed by atoms with Crippen LogP contribution in [0.2, 0.25) is 0 Å². The van der Waals surface area contributed by atoms with Gasteiger partial charge >= 0.3 is 5.97 Å². The number of carbonyl (C=O) groups is 1. The van der Waals surface area contributed by atoms with Gasteiger partial charge in [0.05, 0.1) is 23.8 Å². The molecule has 0 radical (unpaired) electrons. The number of aromatic hydroxyl groups is 1. The third-order valence-corrected chi connectivity index (χ3v) is 6.91. The number of fused-ring (bicyclic) bond motifs is 3. The number of aliphatic carboxylic acids is 1. The maximum Gasteiger partial charge on any atom is 0.332 e. The average Bonchev–Trinajstić information content (AvgIpc) is 3.16. The number of halogens is 2. The zero-order chi connectivity index (χ0) is 25.7. The van der Waals surface area contributed by atoms with Crippen molar-refractivity contribution in [2.24, 2.45) is 0 Å². The lowest BCUT2D eigenvalue weighted by Gasteiger charge is -2.45. The summed E-state index contributed by atoms with van der Waals surface area (Å²) in [5, 5.41) is 20.9. The highest BCUT2D eigenvalue weighted by molar-refractivity contribution is 5.94. The minimum absolute atomic E-state index is 0.0479. The van der Waals surface area contributed by atoms with Crippen LogP contribution in [0, 0.1) is 11.6 Å². The molecule has 6 nitrogen and oxygen atoms in total. The number of hydrogen-bond donors (Lipinski definition) is 2. The zero-order valence-electron chi connectivity index (χ0n) is 20.6. The number of rotatable bonds is 7. The summed E-state index contributed by atoms with van der Waals surface area (Å²) in [6.45, 7) is 9.59. The van der Waals surface area contributed by atoms with Crippen LogP contribution in [-0.4, -0.2) is 39.6 Å². The summed E-state index contributed by atoms with van der Waals surface area (Å²) in [4.78, 5) is 11.3. The van der Waals surface area contributed by atoms with E-state index in [0.29, 0.717) is 36.0 Å². The molecule has 4 rings (SSSR count). The van der Waals surface area contributed by atoms with Crippen LogP contribution in [0.3, 0.4) is 0 Å². The van der Waals surface area contributed by atoms with E-state index < -0.39 is 40.8 Å². The predicted octanol–water partition coefficient (Wildman–Crippen LogP) is 5.80. The maximum absolute atomic E-state index is 14.3. The first-order chi connectivity index (χ1) is 16.4. The lowest BCUT2D eigenvalue weighted by Crippen LogP contribution is -2.45. The van der Waals surface area contributed by atoms with Crippen LogP contribution in [0.1, 0.15) is 58.7 Å². The number of phenols is 1. The summed E-state index contributed by atoms with van der Waals surface area (Å²) in [5.74, 6) is -2.91. The van der Waals surface area contributed by atoms with Gasteiger partial charge in [0.25, 0.3) is 0 Å². The molecule has 0 saturated heterocycles. The van der Waals surface area contributed by atoms with Crippen LogP contribution in [-0.2, 0) is 25.3 Å². The molecule has 1 unspecified atom stereocenters. The second-order valence-corrected chi connectivity index (χ2v) is 9.98. The Kier molecular flexibility index (Phi) is 6.40. The summed E-state index contributed by atoms with van der Waals surface area (Å²) in [6.07, 6.45) is -0.593. The van der Waals surface area contributed by atoms with E-state index in [4.69, 9.17) is 9.47 Å². The van der Waals surface area contributed by atoms with Crippen molar-refractivity contribution in [3.8, 4) is 11.4 Å². The SMILES string of the molecule is CC[C@]1(C[C@@H](C)OC(C)C(=O)O)OCC(C)(C)c2c1c1c(O)cccc1n2-c1ccc(F)c(F)c1. The van der Waals surface area contributed by atoms with Crippen LogP contribution in [0.4, 0.5) is 8.78 Å². The lowest BCUT2D eigenvalue weighted by atomic mass is 9.74. The Morgan fingerprint density at radius 3 is 2.54 bits per heavy atom. The molecule has 3 aromatic rings. The van der Waals surface area contributed by atoms with Crippen molar-refractivity contribution in [1.29, 1.82) is 0 Å². The second-order valence-electron chi connectivity index (χ2n) is 9.98. The Bertz CT molecular complexity index is 1280.